The highest BCUT2D eigenvalue weighted by Gasteiger charge is 2.09. The summed E-state index contributed by atoms with van der Waals surface area (Å²) in [6.07, 6.45) is -0.224. The number of hydrogen-bond acceptors (Lipinski definition) is 6. The maximum Gasteiger partial charge on any atom is 0.168 e. The lowest BCUT2D eigenvalue weighted by atomic mass is 10.3. The SMILES string of the molecule is CCOC(CSOSc1ccccc1OC)OCC. The standard InChI is InChI=1S/C13H20O4S2/c1-4-15-13(16-5-2)10-18-17-19-12-9-7-6-8-11(12)14-3/h6-9,13H,4-5,10H2,1-3H3. The monoisotopic (exact) mass is 304 g/mol. The number of rotatable bonds is 10. The van der Waals surface area contributed by atoms with Crippen molar-refractivity contribution < 1.29 is 17.8 Å². The maximum absolute atomic E-state index is 5.48. The number of hydrogen-bond donors (Lipinski definition) is 0. The lowest BCUT2D eigenvalue weighted by Crippen LogP contribution is -2.19. The Bertz CT molecular complexity index is 343. The summed E-state index contributed by atoms with van der Waals surface area (Å²) in [7, 11) is 1.65. The average Bonchev–Trinajstić information content (AvgIpc) is 2.44. The van der Waals surface area contributed by atoms with Gasteiger partial charge in [-0.2, -0.15) is 0 Å². The Labute approximate surface area is 123 Å². The first-order chi connectivity index (χ1) is 9.31. The predicted molar refractivity (Wildman–Crippen MR) is 79.4 cm³/mol. The largest absolute Gasteiger partial charge is 0.495 e. The summed E-state index contributed by atoms with van der Waals surface area (Å²) in [4.78, 5) is 0.946. The molecule has 108 valence electrons. The second kappa shape index (κ2) is 10.4. The zero-order valence-corrected chi connectivity index (χ0v) is 13.1. The van der Waals surface area contributed by atoms with Crippen LogP contribution in [0.25, 0.3) is 0 Å². The van der Waals surface area contributed by atoms with Crippen molar-refractivity contribution in [2.24, 2.45) is 0 Å². The molecule has 0 heterocycles. The van der Waals surface area contributed by atoms with Gasteiger partial charge in [-0.05, 0) is 26.0 Å². The first kappa shape index (κ1) is 16.7. The molecule has 0 N–H and O–H groups in total. The van der Waals surface area contributed by atoms with Crippen molar-refractivity contribution in [2.75, 3.05) is 26.1 Å². The molecule has 1 aromatic rings. The van der Waals surface area contributed by atoms with E-state index in [0.29, 0.717) is 19.0 Å². The highest BCUT2D eigenvalue weighted by molar-refractivity contribution is 8.07. The van der Waals surface area contributed by atoms with Gasteiger partial charge in [0.1, 0.15) is 5.75 Å². The number of methoxy groups -OCH3 is 1. The molecule has 0 bridgehead atoms. The molecule has 0 aromatic heterocycles. The zero-order valence-electron chi connectivity index (χ0n) is 11.5. The molecule has 0 unspecified atom stereocenters. The smallest absolute Gasteiger partial charge is 0.168 e. The Kier molecular flexibility index (Phi) is 9.11. The number of ether oxygens (including phenoxy) is 3. The van der Waals surface area contributed by atoms with Crippen molar-refractivity contribution in [1.29, 1.82) is 0 Å². The van der Waals surface area contributed by atoms with E-state index < -0.39 is 0 Å². The van der Waals surface area contributed by atoms with Crippen LogP contribution in [0.4, 0.5) is 0 Å². The van der Waals surface area contributed by atoms with Crippen LogP contribution in [0, 0.1) is 0 Å². The van der Waals surface area contributed by atoms with Crippen molar-refractivity contribution in [3.8, 4) is 5.75 Å². The van der Waals surface area contributed by atoms with E-state index in [9.17, 15) is 0 Å². The number of benzene rings is 1. The fraction of sp³-hybridized carbons (Fsp3) is 0.538. The average molecular weight is 304 g/mol. The van der Waals surface area contributed by atoms with E-state index in [4.69, 9.17) is 17.8 Å². The second-order valence-corrected chi connectivity index (χ2v) is 5.15. The molecule has 0 aliphatic carbocycles. The van der Waals surface area contributed by atoms with E-state index in [1.54, 1.807) is 7.11 Å². The van der Waals surface area contributed by atoms with Crippen LogP contribution in [0.3, 0.4) is 0 Å². The molecule has 0 aliphatic heterocycles. The molecule has 1 aromatic carbocycles. The predicted octanol–water partition coefficient (Wildman–Crippen LogP) is 3.77. The summed E-state index contributed by atoms with van der Waals surface area (Å²) in [5.41, 5.74) is 0. The van der Waals surface area contributed by atoms with Crippen molar-refractivity contribution >= 4 is 24.1 Å². The van der Waals surface area contributed by atoms with Gasteiger partial charge in [-0.15, -0.1) is 0 Å². The van der Waals surface area contributed by atoms with Crippen molar-refractivity contribution in [2.45, 2.75) is 25.0 Å². The van der Waals surface area contributed by atoms with Gasteiger partial charge in [-0.25, -0.2) is 3.63 Å². The minimum atomic E-state index is -0.224. The molecule has 1 rings (SSSR count). The Morgan fingerprint density at radius 2 is 1.79 bits per heavy atom. The van der Waals surface area contributed by atoms with Gasteiger partial charge in [-0.1, -0.05) is 12.1 Å². The fourth-order valence-corrected chi connectivity index (χ4v) is 2.73. The van der Waals surface area contributed by atoms with Gasteiger partial charge >= 0.3 is 0 Å². The molecule has 6 heteroatoms. The molecule has 0 spiro atoms. The van der Waals surface area contributed by atoms with E-state index in [2.05, 4.69) is 0 Å². The highest BCUT2D eigenvalue weighted by atomic mass is 32.2. The minimum Gasteiger partial charge on any atom is -0.495 e. The summed E-state index contributed by atoms with van der Waals surface area (Å²) < 4.78 is 21.6. The van der Waals surface area contributed by atoms with E-state index in [1.807, 2.05) is 38.1 Å². The van der Waals surface area contributed by atoms with Gasteiger partial charge in [-0.3, -0.25) is 0 Å². The van der Waals surface area contributed by atoms with Crippen LogP contribution < -0.4 is 4.74 Å². The van der Waals surface area contributed by atoms with Crippen LogP contribution in [0.2, 0.25) is 0 Å². The maximum atomic E-state index is 5.48. The first-order valence-electron chi connectivity index (χ1n) is 6.14. The quantitative estimate of drug-likeness (QED) is 0.372. The summed E-state index contributed by atoms with van der Waals surface area (Å²) in [5.74, 6) is 1.43. The van der Waals surface area contributed by atoms with Gasteiger partial charge in [0.15, 0.2) is 6.29 Å². The summed E-state index contributed by atoms with van der Waals surface area (Å²) >= 11 is 2.59. The van der Waals surface area contributed by atoms with Gasteiger partial charge in [0.05, 0.1) is 17.8 Å². The molecule has 0 amide bonds. The Morgan fingerprint density at radius 3 is 2.42 bits per heavy atom. The first-order valence-corrected chi connectivity index (χ1v) is 7.79. The minimum absolute atomic E-state index is 0.224. The lowest BCUT2D eigenvalue weighted by Gasteiger charge is -2.15. The fourth-order valence-electron chi connectivity index (χ4n) is 1.35. The molecule has 0 radical (unpaired) electrons. The zero-order chi connectivity index (χ0) is 13.9. The topological polar surface area (TPSA) is 36.9 Å². The summed E-state index contributed by atoms with van der Waals surface area (Å²) in [6, 6.07) is 7.73. The van der Waals surface area contributed by atoms with Crippen molar-refractivity contribution in [3.63, 3.8) is 0 Å². The Balaban J connectivity index is 2.29. The van der Waals surface area contributed by atoms with Crippen molar-refractivity contribution in [3.05, 3.63) is 24.3 Å². The van der Waals surface area contributed by atoms with E-state index >= 15 is 0 Å². The third-order valence-corrected chi connectivity index (χ3v) is 3.73. The van der Waals surface area contributed by atoms with Crippen LogP contribution in [0.5, 0.6) is 5.75 Å². The van der Waals surface area contributed by atoms with Crippen LogP contribution in [-0.2, 0) is 13.1 Å². The molecule has 19 heavy (non-hydrogen) atoms. The Hall–Kier alpha value is -0.400. The van der Waals surface area contributed by atoms with E-state index in [0.717, 1.165) is 10.6 Å². The molecule has 0 saturated heterocycles. The van der Waals surface area contributed by atoms with Crippen molar-refractivity contribution in [1.82, 2.24) is 0 Å². The summed E-state index contributed by atoms with van der Waals surface area (Å²) in [6.45, 7) is 5.15. The van der Waals surface area contributed by atoms with E-state index in [-0.39, 0.29) is 6.29 Å². The molecule has 0 fully saturated rings. The van der Waals surface area contributed by atoms with Gasteiger partial charge in [0.2, 0.25) is 0 Å². The van der Waals surface area contributed by atoms with E-state index in [1.165, 1.54) is 24.1 Å². The molecule has 0 saturated carbocycles. The van der Waals surface area contributed by atoms with Gasteiger partial charge in [0, 0.05) is 37.3 Å². The second-order valence-electron chi connectivity index (χ2n) is 3.43. The highest BCUT2D eigenvalue weighted by Crippen LogP contribution is 2.32. The van der Waals surface area contributed by atoms with Crippen LogP contribution in [-0.4, -0.2) is 32.4 Å². The molecule has 0 aliphatic rings. The van der Waals surface area contributed by atoms with Crippen LogP contribution in [0.15, 0.2) is 29.2 Å². The third kappa shape index (κ3) is 6.54. The third-order valence-electron chi connectivity index (χ3n) is 2.15. The Morgan fingerprint density at radius 1 is 1.11 bits per heavy atom. The molecule has 0 atom stereocenters. The molecular formula is C13H20O4S2. The summed E-state index contributed by atoms with van der Waals surface area (Å²) in [5, 5.41) is 0. The van der Waals surface area contributed by atoms with Crippen LogP contribution >= 0.6 is 24.1 Å². The van der Waals surface area contributed by atoms with Crippen LogP contribution in [0.1, 0.15) is 13.8 Å². The molecule has 4 nitrogen and oxygen atoms in total. The normalized spacial score (nSPS) is 10.9. The van der Waals surface area contributed by atoms with Gasteiger partial charge in [0.25, 0.3) is 0 Å². The molecular weight excluding hydrogens is 284 g/mol. The lowest BCUT2D eigenvalue weighted by molar-refractivity contribution is -0.120. The van der Waals surface area contributed by atoms with Gasteiger partial charge < -0.3 is 14.2 Å². The number of para-hydroxylation sites is 1.